The minimum absolute atomic E-state index is 0.0681. The number of nitrogens with one attached hydrogen (secondary N) is 1. The van der Waals surface area contributed by atoms with Crippen LogP contribution >= 0.6 is 11.6 Å². The summed E-state index contributed by atoms with van der Waals surface area (Å²) in [6, 6.07) is 21.3. The summed E-state index contributed by atoms with van der Waals surface area (Å²) in [5.41, 5.74) is 1.65. The summed E-state index contributed by atoms with van der Waals surface area (Å²) >= 11 is 6.05. The fraction of sp³-hybridized carbons (Fsp3) is 0.355. The van der Waals surface area contributed by atoms with E-state index in [0.29, 0.717) is 10.7 Å². The number of rotatable bonds is 10. The topological polar surface area (TPSA) is 86.8 Å². The molecule has 0 saturated carbocycles. The first-order valence-electron chi connectivity index (χ1n) is 13.2. The summed E-state index contributed by atoms with van der Waals surface area (Å²) in [4.78, 5) is 28.6. The van der Waals surface area contributed by atoms with E-state index in [1.165, 1.54) is 17.0 Å². The van der Waals surface area contributed by atoms with E-state index in [0.717, 1.165) is 15.4 Å². The number of nitrogens with zero attached hydrogens (tertiary/aromatic N) is 2. The lowest BCUT2D eigenvalue weighted by Crippen LogP contribution is -2.54. The van der Waals surface area contributed by atoms with E-state index in [1.54, 1.807) is 61.5 Å². The van der Waals surface area contributed by atoms with Crippen molar-refractivity contribution >= 4 is 39.1 Å². The minimum atomic E-state index is -4.10. The van der Waals surface area contributed by atoms with Gasteiger partial charge in [-0.15, -0.1) is 0 Å². The molecule has 3 aromatic carbocycles. The lowest BCUT2D eigenvalue weighted by Gasteiger charge is -2.33. The lowest BCUT2D eigenvalue weighted by atomic mass is 10.0. The first-order chi connectivity index (χ1) is 18.7. The molecule has 0 fully saturated rings. The maximum atomic E-state index is 14.0. The number of benzene rings is 3. The van der Waals surface area contributed by atoms with E-state index in [1.807, 2.05) is 32.9 Å². The normalized spacial score (nSPS) is 12.6. The molecule has 0 heterocycles. The Morgan fingerprint density at radius 3 is 1.98 bits per heavy atom. The van der Waals surface area contributed by atoms with Crippen LogP contribution in [0, 0.1) is 0 Å². The smallest absolute Gasteiger partial charge is 0.264 e. The molecule has 3 aromatic rings. The molecule has 9 heteroatoms. The van der Waals surface area contributed by atoms with Gasteiger partial charge in [-0.25, -0.2) is 8.42 Å². The third-order valence-electron chi connectivity index (χ3n) is 6.39. The fourth-order valence-electron chi connectivity index (χ4n) is 4.12. The monoisotopic (exact) mass is 583 g/mol. The van der Waals surface area contributed by atoms with Crippen molar-refractivity contribution in [2.75, 3.05) is 10.8 Å². The van der Waals surface area contributed by atoms with Crippen molar-refractivity contribution in [2.24, 2.45) is 0 Å². The van der Waals surface area contributed by atoms with Gasteiger partial charge in [-0.05, 0) is 81.1 Å². The molecule has 2 amide bonds. The van der Waals surface area contributed by atoms with Gasteiger partial charge in [0.2, 0.25) is 11.8 Å². The highest BCUT2D eigenvalue weighted by Crippen LogP contribution is 2.27. The van der Waals surface area contributed by atoms with Crippen molar-refractivity contribution in [3.05, 3.63) is 95.0 Å². The van der Waals surface area contributed by atoms with Crippen molar-refractivity contribution < 1.29 is 18.0 Å². The highest BCUT2D eigenvalue weighted by atomic mass is 35.5. The summed E-state index contributed by atoms with van der Waals surface area (Å²) < 4.78 is 28.8. The SMILES string of the molecule is CC(C)c1ccc(N(CC(=O)N(Cc2ccc(Cl)cc2)C(C)C(=O)NC(C)(C)C)S(=O)(=O)c2ccccc2)cc1. The largest absolute Gasteiger partial charge is 0.350 e. The average Bonchev–Trinajstić information content (AvgIpc) is 2.90. The van der Waals surface area contributed by atoms with Crippen LogP contribution in [0.15, 0.2) is 83.8 Å². The van der Waals surface area contributed by atoms with Crippen molar-refractivity contribution in [1.29, 1.82) is 0 Å². The Hall–Kier alpha value is -3.36. The highest BCUT2D eigenvalue weighted by Gasteiger charge is 2.33. The average molecular weight is 584 g/mol. The number of hydrogen-bond donors (Lipinski definition) is 1. The van der Waals surface area contributed by atoms with Crippen LogP contribution in [-0.2, 0) is 26.2 Å². The highest BCUT2D eigenvalue weighted by molar-refractivity contribution is 7.92. The third kappa shape index (κ3) is 8.08. The zero-order chi connectivity index (χ0) is 29.7. The van der Waals surface area contributed by atoms with Crippen molar-refractivity contribution in [2.45, 2.75) is 70.5 Å². The first-order valence-corrected chi connectivity index (χ1v) is 15.0. The van der Waals surface area contributed by atoms with Crippen LogP contribution in [0.5, 0.6) is 0 Å². The van der Waals surface area contributed by atoms with Crippen LogP contribution in [0.4, 0.5) is 5.69 Å². The second-order valence-electron chi connectivity index (χ2n) is 11.1. The predicted molar refractivity (Wildman–Crippen MR) is 161 cm³/mol. The van der Waals surface area contributed by atoms with Gasteiger partial charge in [0.1, 0.15) is 12.6 Å². The van der Waals surface area contributed by atoms with Gasteiger partial charge < -0.3 is 10.2 Å². The Labute approximate surface area is 243 Å². The van der Waals surface area contributed by atoms with Crippen LogP contribution in [0.25, 0.3) is 0 Å². The van der Waals surface area contributed by atoms with Gasteiger partial charge >= 0.3 is 0 Å². The predicted octanol–water partition coefficient (Wildman–Crippen LogP) is 5.99. The summed E-state index contributed by atoms with van der Waals surface area (Å²) in [6.45, 7) is 10.9. The van der Waals surface area contributed by atoms with E-state index < -0.39 is 34.1 Å². The number of carbonyl (C=O) groups excluding carboxylic acids is 2. The molecule has 214 valence electrons. The van der Waals surface area contributed by atoms with Crippen molar-refractivity contribution in [3.63, 3.8) is 0 Å². The maximum absolute atomic E-state index is 14.0. The molecular formula is C31H38ClN3O4S. The second kappa shape index (κ2) is 12.9. The van der Waals surface area contributed by atoms with E-state index in [4.69, 9.17) is 11.6 Å². The van der Waals surface area contributed by atoms with Crippen molar-refractivity contribution in [3.8, 4) is 0 Å². The van der Waals surface area contributed by atoms with Crippen LogP contribution in [0.2, 0.25) is 5.02 Å². The van der Waals surface area contributed by atoms with E-state index in [-0.39, 0.29) is 23.3 Å². The summed E-state index contributed by atoms with van der Waals surface area (Å²) in [6.07, 6.45) is 0. The second-order valence-corrected chi connectivity index (χ2v) is 13.4. The molecule has 40 heavy (non-hydrogen) atoms. The van der Waals surface area contributed by atoms with Gasteiger partial charge in [-0.3, -0.25) is 13.9 Å². The summed E-state index contributed by atoms with van der Waals surface area (Å²) in [7, 11) is -4.10. The standard InChI is InChI=1S/C31H38ClN3O4S/c1-22(2)25-14-18-27(19-15-25)35(40(38,39)28-10-8-7-9-11-28)21-29(36)34(20-24-12-16-26(32)17-13-24)23(3)30(37)33-31(4,5)6/h7-19,22-23H,20-21H2,1-6H3,(H,33,37). The first kappa shape index (κ1) is 31.2. The number of anilines is 1. The molecule has 1 N–H and O–H groups in total. The molecule has 0 radical (unpaired) electrons. The zero-order valence-electron chi connectivity index (χ0n) is 23.9. The zero-order valence-corrected chi connectivity index (χ0v) is 25.5. The number of amides is 2. The Balaban J connectivity index is 2.03. The molecule has 3 rings (SSSR count). The Morgan fingerprint density at radius 2 is 1.45 bits per heavy atom. The molecule has 0 bridgehead atoms. The molecule has 0 saturated heterocycles. The van der Waals surface area contributed by atoms with Gasteiger partial charge in [-0.2, -0.15) is 0 Å². The summed E-state index contributed by atoms with van der Waals surface area (Å²) in [5, 5.41) is 3.47. The Morgan fingerprint density at radius 1 is 0.875 bits per heavy atom. The number of hydrogen-bond acceptors (Lipinski definition) is 4. The van der Waals surface area contributed by atoms with Crippen LogP contribution in [0.1, 0.15) is 58.6 Å². The van der Waals surface area contributed by atoms with Gasteiger partial charge in [0, 0.05) is 17.1 Å². The fourth-order valence-corrected chi connectivity index (χ4v) is 5.68. The maximum Gasteiger partial charge on any atom is 0.264 e. The van der Waals surface area contributed by atoms with Gasteiger partial charge in [0.05, 0.1) is 10.6 Å². The quantitative estimate of drug-likeness (QED) is 0.317. The lowest BCUT2D eigenvalue weighted by molar-refractivity contribution is -0.140. The summed E-state index contributed by atoms with van der Waals surface area (Å²) in [5.74, 6) is -0.598. The van der Waals surface area contributed by atoms with Gasteiger partial charge in [-0.1, -0.05) is 67.9 Å². The molecule has 0 aliphatic rings. The minimum Gasteiger partial charge on any atom is -0.350 e. The molecular weight excluding hydrogens is 546 g/mol. The van der Waals surface area contributed by atoms with Crippen LogP contribution in [-0.4, -0.2) is 43.3 Å². The molecule has 0 aromatic heterocycles. The number of sulfonamides is 1. The van der Waals surface area contributed by atoms with E-state index in [9.17, 15) is 18.0 Å². The molecule has 1 unspecified atom stereocenters. The third-order valence-corrected chi connectivity index (χ3v) is 8.43. The number of carbonyl (C=O) groups is 2. The van der Waals surface area contributed by atoms with E-state index >= 15 is 0 Å². The molecule has 0 spiro atoms. The van der Waals surface area contributed by atoms with Crippen molar-refractivity contribution in [1.82, 2.24) is 10.2 Å². The Bertz CT molecular complexity index is 1400. The molecule has 1 atom stereocenters. The molecule has 0 aliphatic heterocycles. The van der Waals surface area contributed by atoms with E-state index in [2.05, 4.69) is 19.2 Å². The van der Waals surface area contributed by atoms with Crippen LogP contribution in [0.3, 0.4) is 0 Å². The molecule has 0 aliphatic carbocycles. The van der Waals surface area contributed by atoms with Gasteiger partial charge in [0.15, 0.2) is 0 Å². The molecule has 7 nitrogen and oxygen atoms in total. The van der Waals surface area contributed by atoms with Gasteiger partial charge in [0.25, 0.3) is 10.0 Å². The number of halogens is 1. The van der Waals surface area contributed by atoms with Crippen LogP contribution < -0.4 is 9.62 Å². The Kier molecular flexibility index (Phi) is 10.0.